The fourth-order valence-corrected chi connectivity index (χ4v) is 3.95. The Labute approximate surface area is 114 Å². The average molecular weight is 259 g/mol. The van der Waals surface area contributed by atoms with Gasteiger partial charge in [0.2, 0.25) is 0 Å². The molecule has 1 aromatic rings. The molecule has 3 heteroatoms. The number of carbonyl (C=O) groups is 1. The first-order valence-corrected chi connectivity index (χ1v) is 7.21. The Hall–Kier alpha value is -1.51. The van der Waals surface area contributed by atoms with Gasteiger partial charge in [-0.3, -0.25) is 4.79 Å². The molecule has 1 aromatic carbocycles. The number of para-hydroxylation sites is 1. The Bertz CT molecular complexity index is 471. The van der Waals surface area contributed by atoms with Crippen molar-refractivity contribution in [3.8, 4) is 0 Å². The molecular formula is C16H21NO2. The third kappa shape index (κ3) is 2.34. The average Bonchev–Trinajstić information content (AvgIpc) is 2.62. The first kappa shape index (κ1) is 12.5. The van der Waals surface area contributed by atoms with E-state index in [1.165, 1.54) is 24.1 Å². The number of aliphatic carboxylic acids is 1. The number of fused-ring (bicyclic) bond motifs is 2. The second kappa shape index (κ2) is 4.87. The summed E-state index contributed by atoms with van der Waals surface area (Å²) in [4.78, 5) is 13.5. The van der Waals surface area contributed by atoms with Crippen molar-refractivity contribution in [1.82, 2.24) is 0 Å². The molecule has 2 aliphatic heterocycles. The van der Waals surface area contributed by atoms with Gasteiger partial charge in [0.1, 0.15) is 0 Å². The SMILES string of the molecule is Cc1ccccc1N1C2CCC1CC(CC(=O)O)C2. The summed E-state index contributed by atoms with van der Waals surface area (Å²) >= 11 is 0. The fraction of sp³-hybridized carbons (Fsp3) is 0.562. The fourth-order valence-electron chi connectivity index (χ4n) is 3.95. The largest absolute Gasteiger partial charge is 0.481 e. The summed E-state index contributed by atoms with van der Waals surface area (Å²) in [5.74, 6) is -0.274. The molecule has 1 N–H and O–H groups in total. The number of carboxylic acid groups (broad SMARTS) is 1. The summed E-state index contributed by atoms with van der Waals surface area (Å²) in [5, 5.41) is 8.97. The number of rotatable bonds is 3. The van der Waals surface area contributed by atoms with Crippen LogP contribution >= 0.6 is 0 Å². The molecule has 2 heterocycles. The summed E-state index contributed by atoms with van der Waals surface area (Å²) in [7, 11) is 0. The highest BCUT2D eigenvalue weighted by atomic mass is 16.4. The van der Waals surface area contributed by atoms with Crippen LogP contribution in [0.3, 0.4) is 0 Å². The minimum Gasteiger partial charge on any atom is -0.481 e. The van der Waals surface area contributed by atoms with Gasteiger partial charge in [-0.15, -0.1) is 0 Å². The zero-order valence-electron chi connectivity index (χ0n) is 11.4. The Kier molecular flexibility index (Phi) is 3.21. The molecule has 0 amide bonds. The van der Waals surface area contributed by atoms with Crippen molar-refractivity contribution in [3.63, 3.8) is 0 Å². The van der Waals surface area contributed by atoms with E-state index in [-0.39, 0.29) is 0 Å². The number of anilines is 1. The molecule has 0 saturated carbocycles. The highest BCUT2D eigenvalue weighted by Crippen LogP contribution is 2.43. The smallest absolute Gasteiger partial charge is 0.303 e. The van der Waals surface area contributed by atoms with Crippen LogP contribution in [0.5, 0.6) is 0 Å². The summed E-state index contributed by atoms with van der Waals surface area (Å²) in [6.45, 7) is 2.16. The van der Waals surface area contributed by atoms with Crippen molar-refractivity contribution in [2.75, 3.05) is 4.90 Å². The lowest BCUT2D eigenvalue weighted by Gasteiger charge is -2.41. The van der Waals surface area contributed by atoms with E-state index in [0.717, 1.165) is 12.8 Å². The second-order valence-electron chi connectivity index (χ2n) is 6.01. The number of piperidine rings is 1. The maximum atomic E-state index is 10.9. The van der Waals surface area contributed by atoms with Crippen LogP contribution in [0.25, 0.3) is 0 Å². The van der Waals surface area contributed by atoms with E-state index in [2.05, 4.69) is 36.1 Å². The highest BCUT2D eigenvalue weighted by Gasteiger charge is 2.41. The van der Waals surface area contributed by atoms with Gasteiger partial charge in [0.25, 0.3) is 0 Å². The Morgan fingerprint density at radius 3 is 2.47 bits per heavy atom. The van der Waals surface area contributed by atoms with Gasteiger partial charge in [-0.2, -0.15) is 0 Å². The van der Waals surface area contributed by atoms with Crippen LogP contribution in [0.4, 0.5) is 5.69 Å². The molecule has 0 aliphatic carbocycles. The van der Waals surface area contributed by atoms with Crippen LogP contribution in [0.15, 0.2) is 24.3 Å². The van der Waals surface area contributed by atoms with E-state index in [1.807, 2.05) is 0 Å². The predicted molar refractivity (Wildman–Crippen MR) is 75.4 cm³/mol. The van der Waals surface area contributed by atoms with Crippen molar-refractivity contribution in [2.45, 2.75) is 51.1 Å². The first-order chi connectivity index (χ1) is 9.15. The van der Waals surface area contributed by atoms with Crippen molar-refractivity contribution >= 4 is 11.7 Å². The maximum Gasteiger partial charge on any atom is 0.303 e. The van der Waals surface area contributed by atoms with Gasteiger partial charge in [0, 0.05) is 24.2 Å². The van der Waals surface area contributed by atoms with Gasteiger partial charge >= 0.3 is 5.97 Å². The van der Waals surface area contributed by atoms with E-state index in [0.29, 0.717) is 24.4 Å². The molecule has 2 saturated heterocycles. The minimum absolute atomic E-state index is 0.342. The topological polar surface area (TPSA) is 40.5 Å². The molecule has 0 spiro atoms. The maximum absolute atomic E-state index is 10.9. The zero-order valence-corrected chi connectivity index (χ0v) is 11.4. The monoisotopic (exact) mass is 259 g/mol. The van der Waals surface area contributed by atoms with E-state index >= 15 is 0 Å². The lowest BCUT2D eigenvalue weighted by atomic mass is 9.87. The van der Waals surface area contributed by atoms with Crippen LogP contribution in [-0.2, 0) is 4.79 Å². The van der Waals surface area contributed by atoms with Crippen LogP contribution in [0.2, 0.25) is 0 Å². The Balaban J connectivity index is 1.80. The predicted octanol–water partition coefficient (Wildman–Crippen LogP) is 3.22. The number of benzene rings is 1. The molecule has 2 atom stereocenters. The minimum atomic E-state index is -0.645. The van der Waals surface area contributed by atoms with Crippen LogP contribution in [-0.4, -0.2) is 23.2 Å². The van der Waals surface area contributed by atoms with Crippen LogP contribution < -0.4 is 4.90 Å². The molecule has 3 rings (SSSR count). The van der Waals surface area contributed by atoms with E-state index < -0.39 is 5.97 Å². The lowest BCUT2D eigenvalue weighted by Crippen LogP contribution is -2.43. The van der Waals surface area contributed by atoms with Gasteiger partial charge in [-0.25, -0.2) is 0 Å². The molecule has 2 aliphatic rings. The van der Waals surface area contributed by atoms with Gasteiger partial charge in [0.15, 0.2) is 0 Å². The highest BCUT2D eigenvalue weighted by molar-refractivity contribution is 5.67. The number of nitrogens with zero attached hydrogens (tertiary/aromatic N) is 1. The van der Waals surface area contributed by atoms with E-state index in [9.17, 15) is 4.79 Å². The number of aryl methyl sites for hydroxylation is 1. The Morgan fingerprint density at radius 1 is 1.26 bits per heavy atom. The van der Waals surface area contributed by atoms with Crippen molar-refractivity contribution in [1.29, 1.82) is 0 Å². The normalized spacial score (nSPS) is 29.5. The second-order valence-corrected chi connectivity index (χ2v) is 6.01. The molecule has 2 bridgehead atoms. The van der Waals surface area contributed by atoms with Crippen LogP contribution in [0, 0.1) is 12.8 Å². The summed E-state index contributed by atoms with van der Waals surface area (Å²) in [6, 6.07) is 9.65. The summed E-state index contributed by atoms with van der Waals surface area (Å²) in [6.07, 6.45) is 4.85. The third-order valence-corrected chi connectivity index (χ3v) is 4.69. The molecule has 19 heavy (non-hydrogen) atoms. The van der Waals surface area contributed by atoms with Crippen molar-refractivity contribution < 1.29 is 9.90 Å². The molecule has 0 radical (unpaired) electrons. The van der Waals surface area contributed by atoms with Crippen molar-refractivity contribution in [2.24, 2.45) is 5.92 Å². The van der Waals surface area contributed by atoms with Crippen LogP contribution in [0.1, 0.15) is 37.7 Å². The van der Waals surface area contributed by atoms with E-state index in [1.54, 1.807) is 0 Å². The van der Waals surface area contributed by atoms with Gasteiger partial charge < -0.3 is 10.0 Å². The quantitative estimate of drug-likeness (QED) is 0.906. The number of hydrogen-bond donors (Lipinski definition) is 1. The number of hydrogen-bond acceptors (Lipinski definition) is 2. The summed E-state index contributed by atoms with van der Waals surface area (Å²) < 4.78 is 0. The lowest BCUT2D eigenvalue weighted by molar-refractivity contribution is -0.138. The number of carboxylic acids is 1. The third-order valence-electron chi connectivity index (χ3n) is 4.69. The molecule has 2 unspecified atom stereocenters. The van der Waals surface area contributed by atoms with Gasteiger partial charge in [-0.05, 0) is 50.2 Å². The molecule has 3 nitrogen and oxygen atoms in total. The molecule has 102 valence electrons. The molecule has 0 aromatic heterocycles. The van der Waals surface area contributed by atoms with Gasteiger partial charge in [-0.1, -0.05) is 18.2 Å². The van der Waals surface area contributed by atoms with E-state index in [4.69, 9.17) is 5.11 Å². The van der Waals surface area contributed by atoms with Crippen molar-refractivity contribution in [3.05, 3.63) is 29.8 Å². The van der Waals surface area contributed by atoms with Gasteiger partial charge in [0.05, 0.1) is 0 Å². The molecule has 2 fully saturated rings. The molecular weight excluding hydrogens is 238 g/mol. The standard InChI is InChI=1S/C16H21NO2/c1-11-4-2-3-5-15(11)17-13-6-7-14(17)9-12(8-13)10-16(18)19/h2-5,12-14H,6-10H2,1H3,(H,18,19). The Morgan fingerprint density at radius 2 is 1.89 bits per heavy atom. The zero-order chi connectivity index (χ0) is 13.4. The summed E-state index contributed by atoms with van der Waals surface area (Å²) in [5.41, 5.74) is 2.68. The first-order valence-electron chi connectivity index (χ1n) is 7.21.